The molecule has 1 amide bonds. The number of rotatable bonds is 5. The summed E-state index contributed by atoms with van der Waals surface area (Å²) < 4.78 is 0. The summed E-state index contributed by atoms with van der Waals surface area (Å²) in [4.78, 5) is 15.0. The number of carbonyl (C=O) groups is 1. The number of nitrogens with one attached hydrogen (secondary N) is 1. The number of anilines is 1. The average molecular weight is 326 g/mol. The van der Waals surface area contributed by atoms with Gasteiger partial charge in [-0.1, -0.05) is 25.1 Å². The minimum atomic E-state index is 0.133. The molecule has 0 atom stereocenters. The van der Waals surface area contributed by atoms with Gasteiger partial charge in [-0.2, -0.15) is 0 Å². The van der Waals surface area contributed by atoms with Crippen LogP contribution in [0.1, 0.15) is 51.0 Å². The van der Waals surface area contributed by atoms with Gasteiger partial charge in [0.15, 0.2) is 0 Å². The third-order valence-corrected chi connectivity index (χ3v) is 6.87. The molecule has 3 nitrogen and oxygen atoms in total. The Kier molecular flexibility index (Phi) is 4.16. The minimum Gasteiger partial charge on any atom is -0.325 e. The van der Waals surface area contributed by atoms with Gasteiger partial charge in [-0.05, 0) is 81.4 Å². The monoisotopic (exact) mass is 326 g/mol. The summed E-state index contributed by atoms with van der Waals surface area (Å²) in [6, 6.07) is 8.15. The highest BCUT2D eigenvalue weighted by Crippen LogP contribution is 2.57. The van der Waals surface area contributed by atoms with E-state index in [1.165, 1.54) is 44.1 Å². The molecule has 4 aliphatic carbocycles. The number of para-hydroxylation sites is 1. The van der Waals surface area contributed by atoms with E-state index in [4.69, 9.17) is 0 Å². The predicted molar refractivity (Wildman–Crippen MR) is 98.0 cm³/mol. The molecule has 4 bridgehead atoms. The first-order valence-electron chi connectivity index (χ1n) is 9.67. The van der Waals surface area contributed by atoms with Gasteiger partial charge in [-0.25, -0.2) is 0 Å². The van der Waals surface area contributed by atoms with E-state index in [0.717, 1.165) is 29.9 Å². The van der Waals surface area contributed by atoms with Crippen molar-refractivity contribution in [1.29, 1.82) is 0 Å². The lowest BCUT2D eigenvalue weighted by atomic mass is 9.52. The number of hydrogen-bond acceptors (Lipinski definition) is 2. The van der Waals surface area contributed by atoms with Crippen LogP contribution < -0.4 is 5.32 Å². The van der Waals surface area contributed by atoms with E-state index >= 15 is 0 Å². The number of aryl methyl sites for hydroxylation is 1. The maximum Gasteiger partial charge on any atom is 0.238 e. The van der Waals surface area contributed by atoms with Crippen LogP contribution in [-0.4, -0.2) is 29.9 Å². The second-order valence-electron chi connectivity index (χ2n) is 8.56. The van der Waals surface area contributed by atoms with Gasteiger partial charge in [0, 0.05) is 11.2 Å². The Morgan fingerprint density at radius 3 is 2.29 bits per heavy atom. The second kappa shape index (κ2) is 6.18. The van der Waals surface area contributed by atoms with E-state index < -0.39 is 0 Å². The highest BCUT2D eigenvalue weighted by Gasteiger charge is 2.52. The molecule has 4 fully saturated rings. The normalized spacial score (nSPS) is 33.9. The molecule has 1 aromatic carbocycles. The molecule has 24 heavy (non-hydrogen) atoms. The van der Waals surface area contributed by atoms with Crippen LogP contribution in [0.3, 0.4) is 0 Å². The Hall–Kier alpha value is -1.35. The molecule has 0 heterocycles. The number of carbonyl (C=O) groups excluding carboxylic acids is 1. The predicted octanol–water partition coefficient (Wildman–Crippen LogP) is 4.09. The van der Waals surface area contributed by atoms with Crippen LogP contribution in [-0.2, 0) is 11.2 Å². The fourth-order valence-electron chi connectivity index (χ4n) is 6.06. The third-order valence-electron chi connectivity index (χ3n) is 6.87. The van der Waals surface area contributed by atoms with Gasteiger partial charge >= 0.3 is 0 Å². The van der Waals surface area contributed by atoms with Crippen LogP contribution in [0.5, 0.6) is 0 Å². The van der Waals surface area contributed by atoms with E-state index in [0.29, 0.717) is 12.1 Å². The number of hydrogen-bond donors (Lipinski definition) is 1. The molecular formula is C21H30N2O. The molecule has 0 spiro atoms. The van der Waals surface area contributed by atoms with Crippen LogP contribution in [0.2, 0.25) is 0 Å². The van der Waals surface area contributed by atoms with E-state index in [1.807, 2.05) is 18.2 Å². The average Bonchev–Trinajstić information content (AvgIpc) is 2.54. The largest absolute Gasteiger partial charge is 0.325 e. The molecule has 5 rings (SSSR count). The van der Waals surface area contributed by atoms with Gasteiger partial charge in [0.25, 0.3) is 0 Å². The van der Waals surface area contributed by atoms with Gasteiger partial charge in [-0.3, -0.25) is 9.69 Å². The molecule has 0 radical (unpaired) electrons. The topological polar surface area (TPSA) is 32.3 Å². The van der Waals surface area contributed by atoms with Crippen molar-refractivity contribution in [3.8, 4) is 0 Å². The van der Waals surface area contributed by atoms with E-state index in [2.05, 4.69) is 30.3 Å². The van der Waals surface area contributed by atoms with Gasteiger partial charge < -0.3 is 5.32 Å². The van der Waals surface area contributed by atoms with Gasteiger partial charge in [0.05, 0.1) is 6.54 Å². The van der Waals surface area contributed by atoms with Crippen molar-refractivity contribution in [3.05, 3.63) is 29.8 Å². The molecule has 4 aliphatic rings. The summed E-state index contributed by atoms with van der Waals surface area (Å²) in [7, 11) is 2.18. The highest BCUT2D eigenvalue weighted by molar-refractivity contribution is 5.93. The van der Waals surface area contributed by atoms with E-state index in [9.17, 15) is 4.79 Å². The van der Waals surface area contributed by atoms with Crippen molar-refractivity contribution in [2.45, 2.75) is 57.4 Å². The lowest BCUT2D eigenvalue weighted by Gasteiger charge is -2.59. The minimum absolute atomic E-state index is 0.133. The molecule has 4 saturated carbocycles. The molecular weight excluding hydrogens is 296 g/mol. The van der Waals surface area contributed by atoms with Crippen molar-refractivity contribution < 1.29 is 4.79 Å². The Morgan fingerprint density at radius 2 is 1.71 bits per heavy atom. The summed E-state index contributed by atoms with van der Waals surface area (Å²) in [5.74, 6) is 2.89. The first-order chi connectivity index (χ1) is 11.6. The summed E-state index contributed by atoms with van der Waals surface area (Å²) >= 11 is 0. The molecule has 130 valence electrons. The first-order valence-corrected chi connectivity index (χ1v) is 9.67. The highest BCUT2D eigenvalue weighted by atomic mass is 16.2. The number of nitrogens with zero attached hydrogens (tertiary/aromatic N) is 1. The van der Waals surface area contributed by atoms with Crippen molar-refractivity contribution in [3.63, 3.8) is 0 Å². The Bertz CT molecular complexity index is 589. The summed E-state index contributed by atoms with van der Waals surface area (Å²) in [6.45, 7) is 2.65. The van der Waals surface area contributed by atoms with E-state index in [-0.39, 0.29) is 5.91 Å². The lowest BCUT2D eigenvalue weighted by molar-refractivity contribution is -0.123. The zero-order valence-corrected chi connectivity index (χ0v) is 15.1. The standard InChI is InChI=1S/C21H30N2O/c1-3-18-6-4-5-7-19(18)22-20(24)14-23(2)21-11-15-8-16(12-21)10-17(9-15)13-21/h4-7,15-17H,3,8-14H2,1-2H3,(H,22,24). The maximum atomic E-state index is 12.6. The van der Waals surface area contributed by atoms with Crippen molar-refractivity contribution in [1.82, 2.24) is 4.90 Å². The second-order valence-corrected chi connectivity index (χ2v) is 8.56. The summed E-state index contributed by atoms with van der Waals surface area (Å²) in [6.07, 6.45) is 9.23. The molecule has 0 aromatic heterocycles. The van der Waals surface area contributed by atoms with Crippen molar-refractivity contribution in [2.24, 2.45) is 17.8 Å². The van der Waals surface area contributed by atoms with Crippen LogP contribution in [0, 0.1) is 17.8 Å². The van der Waals surface area contributed by atoms with Gasteiger partial charge in [0.2, 0.25) is 5.91 Å². The molecule has 3 heteroatoms. The Morgan fingerprint density at radius 1 is 1.12 bits per heavy atom. The summed E-state index contributed by atoms with van der Waals surface area (Å²) in [5.41, 5.74) is 2.49. The molecule has 0 saturated heterocycles. The lowest BCUT2D eigenvalue weighted by Crippen LogP contribution is -2.59. The third kappa shape index (κ3) is 2.88. The quantitative estimate of drug-likeness (QED) is 0.884. The number of benzene rings is 1. The zero-order chi connectivity index (χ0) is 16.7. The van der Waals surface area contributed by atoms with Crippen molar-refractivity contribution >= 4 is 11.6 Å². The van der Waals surface area contributed by atoms with Crippen LogP contribution in [0.25, 0.3) is 0 Å². The molecule has 0 unspecified atom stereocenters. The molecule has 0 aliphatic heterocycles. The van der Waals surface area contributed by atoms with Crippen LogP contribution >= 0.6 is 0 Å². The van der Waals surface area contributed by atoms with Crippen LogP contribution in [0.4, 0.5) is 5.69 Å². The van der Waals surface area contributed by atoms with Crippen LogP contribution in [0.15, 0.2) is 24.3 Å². The SMILES string of the molecule is CCc1ccccc1NC(=O)CN(C)C12CC3CC(CC(C3)C1)C2. The Balaban J connectivity index is 1.42. The first kappa shape index (κ1) is 16.1. The smallest absolute Gasteiger partial charge is 0.238 e. The zero-order valence-electron chi connectivity index (χ0n) is 15.1. The van der Waals surface area contributed by atoms with E-state index in [1.54, 1.807) is 0 Å². The summed E-state index contributed by atoms with van der Waals surface area (Å²) in [5, 5.41) is 3.14. The van der Waals surface area contributed by atoms with Gasteiger partial charge in [-0.15, -0.1) is 0 Å². The molecule has 1 aromatic rings. The number of amides is 1. The number of likely N-dealkylation sites (N-methyl/N-ethyl adjacent to an activating group) is 1. The maximum absolute atomic E-state index is 12.6. The fourth-order valence-corrected chi connectivity index (χ4v) is 6.06. The van der Waals surface area contributed by atoms with Gasteiger partial charge in [0.1, 0.15) is 0 Å². The molecule has 1 N–H and O–H groups in total. The Labute approximate surface area is 145 Å². The fraction of sp³-hybridized carbons (Fsp3) is 0.667. The van der Waals surface area contributed by atoms with Crippen molar-refractivity contribution in [2.75, 3.05) is 18.9 Å².